The van der Waals surface area contributed by atoms with E-state index in [0.717, 1.165) is 16.2 Å². The van der Waals surface area contributed by atoms with Crippen molar-refractivity contribution < 1.29 is 17.9 Å². The van der Waals surface area contributed by atoms with Gasteiger partial charge in [-0.05, 0) is 18.2 Å². The van der Waals surface area contributed by atoms with E-state index in [-0.39, 0.29) is 19.2 Å². The summed E-state index contributed by atoms with van der Waals surface area (Å²) in [7, 11) is -3.72. The Hall–Kier alpha value is -3.44. The van der Waals surface area contributed by atoms with Crippen molar-refractivity contribution in [1.82, 2.24) is 39.8 Å². The van der Waals surface area contributed by atoms with Gasteiger partial charge in [0.15, 0.2) is 33.6 Å². The number of rotatable bonds is 10. The molecule has 0 atom stereocenters. The van der Waals surface area contributed by atoms with Crippen molar-refractivity contribution >= 4 is 39.0 Å². The third-order valence-electron chi connectivity index (χ3n) is 5.11. The van der Waals surface area contributed by atoms with Crippen LogP contribution < -0.4 is 30.4 Å². The zero-order chi connectivity index (χ0) is 24.4. The summed E-state index contributed by atoms with van der Waals surface area (Å²) in [5.74, 6) is 1.57. The molecule has 4 aromatic rings. The lowest BCUT2D eigenvalue weighted by atomic mass is 10.1. The Morgan fingerprint density at radius 2 is 2.00 bits per heavy atom. The molecule has 0 amide bonds. The van der Waals surface area contributed by atoms with Crippen LogP contribution in [0.25, 0.3) is 22.4 Å². The largest absolute Gasteiger partial charge is 0.454 e. The zero-order valence-electron chi connectivity index (χ0n) is 18.3. The Morgan fingerprint density at radius 1 is 1.17 bits per heavy atom. The molecule has 0 bridgehead atoms. The number of aromatic amines is 1. The van der Waals surface area contributed by atoms with E-state index in [9.17, 15) is 8.42 Å². The van der Waals surface area contributed by atoms with E-state index < -0.39 is 10.2 Å². The van der Waals surface area contributed by atoms with E-state index in [2.05, 4.69) is 30.2 Å². The molecule has 5 rings (SSSR count). The summed E-state index contributed by atoms with van der Waals surface area (Å²) in [4.78, 5) is 14.0. The van der Waals surface area contributed by atoms with Gasteiger partial charge >= 0.3 is 0 Å². The monoisotopic (exact) mass is 518 g/mol. The summed E-state index contributed by atoms with van der Waals surface area (Å²) in [6, 6.07) is 5.67. The molecular weight excluding hydrogens is 496 g/mol. The molecule has 3 aromatic heterocycles. The number of hydrogen-bond donors (Lipinski definition) is 5. The molecule has 0 spiro atoms. The van der Waals surface area contributed by atoms with Crippen LogP contribution in [-0.2, 0) is 16.8 Å². The maximum Gasteiger partial charge on any atom is 0.274 e. The second kappa shape index (κ2) is 9.67. The molecule has 0 saturated heterocycles. The lowest BCUT2D eigenvalue weighted by Gasteiger charge is -2.12. The third-order valence-corrected chi connectivity index (χ3v) is 6.77. The molecule has 0 radical (unpaired) electrons. The van der Waals surface area contributed by atoms with Crippen molar-refractivity contribution in [2.45, 2.75) is 16.6 Å². The summed E-state index contributed by atoms with van der Waals surface area (Å²) in [6.45, 7) is 1.74. The van der Waals surface area contributed by atoms with Crippen molar-refractivity contribution in [3.63, 3.8) is 0 Å². The number of anilines is 1. The third kappa shape index (κ3) is 5.15. The minimum absolute atomic E-state index is 0.155. The standard InChI is InChI=1S/C19H22N10O4S2/c20-17-16-18(24-9-23-17)29(6-5-22-3-4-26-35(21,30)31)19(27-16)34-15-8-14-13(32-10-33-14)7-11(15)12-1-2-25-28-12/h1-2,7-9,22,26H,3-6,10H2,(H,25,28)(H2,20,23,24)(H2,21,30,31). The summed E-state index contributed by atoms with van der Waals surface area (Å²) in [5, 5.41) is 15.8. The van der Waals surface area contributed by atoms with Crippen LogP contribution in [0.3, 0.4) is 0 Å². The fourth-order valence-corrected chi connectivity index (χ4v) is 4.99. The highest BCUT2D eigenvalue weighted by atomic mass is 32.2. The first kappa shape index (κ1) is 23.3. The highest BCUT2D eigenvalue weighted by Gasteiger charge is 2.22. The molecule has 0 unspecified atom stereocenters. The Labute approximate surface area is 204 Å². The molecule has 1 aromatic carbocycles. The van der Waals surface area contributed by atoms with Crippen LogP contribution in [-0.4, -0.2) is 64.6 Å². The fourth-order valence-electron chi connectivity index (χ4n) is 3.53. The smallest absolute Gasteiger partial charge is 0.274 e. The van der Waals surface area contributed by atoms with Crippen molar-refractivity contribution in [1.29, 1.82) is 0 Å². The number of ether oxygens (including phenoxy) is 2. The lowest BCUT2D eigenvalue weighted by Crippen LogP contribution is -2.36. The highest BCUT2D eigenvalue weighted by Crippen LogP contribution is 2.44. The Bertz CT molecular complexity index is 1460. The predicted molar refractivity (Wildman–Crippen MR) is 128 cm³/mol. The van der Waals surface area contributed by atoms with E-state index in [1.54, 1.807) is 6.20 Å². The van der Waals surface area contributed by atoms with Gasteiger partial charge in [0.2, 0.25) is 6.79 Å². The molecule has 0 saturated carbocycles. The average Bonchev–Trinajstić information content (AvgIpc) is 3.56. The van der Waals surface area contributed by atoms with Gasteiger partial charge in [0.05, 0.1) is 5.69 Å². The van der Waals surface area contributed by atoms with Gasteiger partial charge in [-0.3, -0.25) is 5.10 Å². The maximum atomic E-state index is 11.0. The van der Waals surface area contributed by atoms with Gasteiger partial charge in [0, 0.05) is 42.8 Å². The maximum absolute atomic E-state index is 11.0. The molecule has 1 aliphatic heterocycles. The number of hydrogen-bond acceptors (Lipinski definition) is 11. The number of nitrogen functional groups attached to an aromatic ring is 1. The van der Waals surface area contributed by atoms with Crippen LogP contribution in [0.1, 0.15) is 0 Å². The van der Waals surface area contributed by atoms with Gasteiger partial charge in [-0.2, -0.15) is 13.5 Å². The Kier molecular flexibility index (Phi) is 6.44. The summed E-state index contributed by atoms with van der Waals surface area (Å²) in [6.07, 6.45) is 3.07. The minimum atomic E-state index is -3.72. The van der Waals surface area contributed by atoms with E-state index >= 15 is 0 Å². The molecule has 0 fully saturated rings. The van der Waals surface area contributed by atoms with Crippen LogP contribution in [0.5, 0.6) is 11.5 Å². The Balaban J connectivity index is 1.43. The number of imidazole rings is 1. The molecular formula is C19H22N10O4S2. The molecule has 16 heteroatoms. The molecule has 0 aliphatic carbocycles. The summed E-state index contributed by atoms with van der Waals surface area (Å²) in [5.41, 5.74) is 8.85. The van der Waals surface area contributed by atoms with E-state index in [1.165, 1.54) is 18.1 Å². The van der Waals surface area contributed by atoms with Gasteiger partial charge in [-0.15, -0.1) is 0 Å². The van der Waals surface area contributed by atoms with Crippen LogP contribution in [0, 0.1) is 0 Å². The highest BCUT2D eigenvalue weighted by molar-refractivity contribution is 7.99. The van der Waals surface area contributed by atoms with Gasteiger partial charge in [0.1, 0.15) is 6.33 Å². The van der Waals surface area contributed by atoms with E-state index in [4.69, 9.17) is 25.3 Å². The van der Waals surface area contributed by atoms with Crippen molar-refractivity contribution in [3.05, 3.63) is 30.7 Å². The second-order valence-corrected chi connectivity index (χ2v) is 9.83. The van der Waals surface area contributed by atoms with E-state index in [0.29, 0.717) is 47.5 Å². The molecule has 7 N–H and O–H groups in total. The topological polar surface area (TPSA) is 201 Å². The molecule has 184 valence electrons. The number of nitrogens with one attached hydrogen (secondary N) is 3. The zero-order valence-corrected chi connectivity index (χ0v) is 19.9. The first-order valence-corrected chi connectivity index (χ1v) is 12.8. The first-order chi connectivity index (χ1) is 16.9. The summed E-state index contributed by atoms with van der Waals surface area (Å²) < 4.78 is 37.3. The van der Waals surface area contributed by atoms with Crippen LogP contribution in [0.4, 0.5) is 5.82 Å². The molecule has 1 aliphatic rings. The van der Waals surface area contributed by atoms with Crippen molar-refractivity contribution in [2.75, 3.05) is 32.2 Å². The first-order valence-electron chi connectivity index (χ1n) is 10.4. The van der Waals surface area contributed by atoms with Gasteiger partial charge in [-0.1, -0.05) is 11.8 Å². The number of aromatic nitrogens is 6. The van der Waals surface area contributed by atoms with Crippen LogP contribution in [0.15, 0.2) is 40.8 Å². The van der Waals surface area contributed by atoms with Gasteiger partial charge < -0.3 is 25.1 Å². The van der Waals surface area contributed by atoms with Gasteiger partial charge in [-0.25, -0.2) is 24.8 Å². The Morgan fingerprint density at radius 3 is 2.77 bits per heavy atom. The fraction of sp³-hybridized carbons (Fsp3) is 0.263. The normalized spacial score (nSPS) is 13.1. The molecule has 4 heterocycles. The second-order valence-electron chi connectivity index (χ2n) is 7.44. The molecule has 35 heavy (non-hydrogen) atoms. The average molecular weight is 519 g/mol. The summed E-state index contributed by atoms with van der Waals surface area (Å²) >= 11 is 1.42. The quantitative estimate of drug-likeness (QED) is 0.178. The SMILES string of the molecule is Nc1ncnc2c1nc(Sc1cc3c(cc1-c1ccn[nH]1)OCO3)n2CCNCCNS(N)(=O)=O. The number of nitrogens with two attached hydrogens (primary N) is 2. The number of H-pyrrole nitrogens is 1. The lowest BCUT2D eigenvalue weighted by molar-refractivity contribution is 0.174. The van der Waals surface area contributed by atoms with Crippen LogP contribution >= 0.6 is 11.8 Å². The van der Waals surface area contributed by atoms with Crippen LogP contribution in [0.2, 0.25) is 0 Å². The van der Waals surface area contributed by atoms with E-state index in [1.807, 2.05) is 22.8 Å². The minimum Gasteiger partial charge on any atom is -0.454 e. The molecule has 14 nitrogen and oxygen atoms in total. The van der Waals surface area contributed by atoms with Crippen molar-refractivity contribution in [2.24, 2.45) is 5.14 Å². The number of benzene rings is 1. The number of nitrogens with zero attached hydrogens (tertiary/aromatic N) is 5. The van der Waals surface area contributed by atoms with Gasteiger partial charge in [0.25, 0.3) is 10.2 Å². The van der Waals surface area contributed by atoms with Crippen molar-refractivity contribution in [3.8, 4) is 22.8 Å². The number of fused-ring (bicyclic) bond motifs is 2. The predicted octanol–water partition coefficient (Wildman–Crippen LogP) is 0.0612.